The number of aliphatic hydroxyl groups excluding tert-OH is 1. The highest BCUT2D eigenvalue weighted by Crippen LogP contribution is 2.67. The van der Waals surface area contributed by atoms with Crippen LogP contribution >= 0.6 is 0 Å². The maximum atomic E-state index is 13.8. The van der Waals surface area contributed by atoms with Crippen molar-refractivity contribution >= 4 is 23.3 Å². The summed E-state index contributed by atoms with van der Waals surface area (Å²) in [6.07, 6.45) is 3.32. The first-order valence-electron chi connectivity index (χ1n) is 12.1. The molecule has 0 aromatic carbocycles. The summed E-state index contributed by atoms with van der Waals surface area (Å²) in [7, 11) is 0. The van der Waals surface area contributed by atoms with Gasteiger partial charge in [0.1, 0.15) is 29.9 Å². The van der Waals surface area contributed by atoms with Crippen molar-refractivity contribution in [3.8, 4) is 0 Å². The Labute approximate surface area is 189 Å². The maximum Gasteiger partial charge on any atom is 0.306 e. The third-order valence-corrected chi connectivity index (χ3v) is 9.73. The zero-order valence-corrected chi connectivity index (χ0v) is 19.4. The molecule has 4 saturated carbocycles. The van der Waals surface area contributed by atoms with E-state index in [1.54, 1.807) is 0 Å². The molecule has 0 aromatic heterocycles. The molecule has 2 N–H and O–H groups in total. The van der Waals surface area contributed by atoms with Crippen LogP contribution in [-0.4, -0.2) is 51.8 Å². The van der Waals surface area contributed by atoms with Gasteiger partial charge in [0.15, 0.2) is 5.78 Å². The summed E-state index contributed by atoms with van der Waals surface area (Å²) in [5.41, 5.74) is -3.23. The number of ketones is 3. The number of carbonyl (C=O) groups is 4. The minimum absolute atomic E-state index is 0.0158. The van der Waals surface area contributed by atoms with Crippen LogP contribution in [0.25, 0.3) is 0 Å². The lowest BCUT2D eigenvalue weighted by Gasteiger charge is -2.61. The zero-order valence-electron chi connectivity index (χ0n) is 19.4. The molecule has 4 aliphatic rings. The second-order valence-electron chi connectivity index (χ2n) is 11.1. The number of esters is 1. The molecule has 2 unspecified atom stereocenters. The summed E-state index contributed by atoms with van der Waals surface area (Å²) in [6, 6.07) is 0. The van der Waals surface area contributed by atoms with Gasteiger partial charge in [0.2, 0.25) is 0 Å². The van der Waals surface area contributed by atoms with Gasteiger partial charge in [0.25, 0.3) is 0 Å². The number of fused-ring (bicyclic) bond motifs is 5. The van der Waals surface area contributed by atoms with Crippen molar-refractivity contribution in [2.45, 2.75) is 90.3 Å². The quantitative estimate of drug-likeness (QED) is 0.620. The topological polar surface area (TPSA) is 118 Å². The molecular weight excluding hydrogens is 412 g/mol. The van der Waals surface area contributed by atoms with E-state index in [-0.39, 0.29) is 66.9 Å². The van der Waals surface area contributed by atoms with Crippen molar-refractivity contribution in [1.82, 2.24) is 0 Å². The first-order valence-corrected chi connectivity index (χ1v) is 12.1. The number of aliphatic hydroxyl groups is 2. The number of Topliss-reactive ketones (excluding diaryl/α,β-unsaturated/α-hetero) is 3. The van der Waals surface area contributed by atoms with Crippen LogP contribution in [-0.2, 0) is 23.9 Å². The predicted octanol–water partition coefficient (Wildman–Crippen LogP) is 2.39. The summed E-state index contributed by atoms with van der Waals surface area (Å²) in [6.45, 7) is 5.00. The van der Waals surface area contributed by atoms with Gasteiger partial charge in [-0.1, -0.05) is 20.8 Å². The third-order valence-electron chi connectivity index (χ3n) is 9.73. The van der Waals surface area contributed by atoms with E-state index in [1.807, 2.05) is 20.8 Å². The van der Waals surface area contributed by atoms with Crippen molar-refractivity contribution in [1.29, 1.82) is 0 Å². The molecule has 32 heavy (non-hydrogen) atoms. The Bertz CT molecular complexity index is 836. The van der Waals surface area contributed by atoms with Gasteiger partial charge in [-0.3, -0.25) is 19.2 Å². The highest BCUT2D eigenvalue weighted by atomic mass is 16.5. The van der Waals surface area contributed by atoms with Gasteiger partial charge in [-0.05, 0) is 49.9 Å². The fraction of sp³-hybridized carbons (Fsp3) is 0.840. The molecule has 0 saturated heterocycles. The average Bonchev–Trinajstić information content (AvgIpc) is 2.99. The number of hydrogen-bond acceptors (Lipinski definition) is 7. The highest BCUT2D eigenvalue weighted by molar-refractivity contribution is 5.92. The van der Waals surface area contributed by atoms with E-state index in [0.717, 1.165) is 12.8 Å². The molecular formula is C25H36O7. The molecule has 178 valence electrons. The van der Waals surface area contributed by atoms with Crippen LogP contribution in [0.3, 0.4) is 0 Å². The number of carbonyl (C=O) groups excluding carboxylic acids is 4. The van der Waals surface area contributed by atoms with Crippen LogP contribution in [0.15, 0.2) is 0 Å². The average molecular weight is 449 g/mol. The normalized spacial score (nSPS) is 45.6. The summed E-state index contributed by atoms with van der Waals surface area (Å²) in [5, 5.41) is 20.8. The van der Waals surface area contributed by atoms with Gasteiger partial charge in [-0.25, -0.2) is 0 Å². The Balaban J connectivity index is 1.71. The smallest absolute Gasteiger partial charge is 0.306 e. The molecule has 7 nitrogen and oxygen atoms in total. The molecule has 4 aliphatic carbocycles. The highest BCUT2D eigenvalue weighted by Gasteiger charge is 2.70. The maximum absolute atomic E-state index is 13.8. The molecule has 4 fully saturated rings. The van der Waals surface area contributed by atoms with Gasteiger partial charge in [-0.2, -0.15) is 0 Å². The molecule has 0 spiro atoms. The molecule has 0 heterocycles. The summed E-state index contributed by atoms with van der Waals surface area (Å²) < 4.78 is 5.86. The monoisotopic (exact) mass is 448 g/mol. The van der Waals surface area contributed by atoms with Gasteiger partial charge < -0.3 is 14.9 Å². The second-order valence-corrected chi connectivity index (χ2v) is 11.1. The van der Waals surface area contributed by atoms with Crippen LogP contribution in [0.1, 0.15) is 78.6 Å². The lowest BCUT2D eigenvalue weighted by molar-refractivity contribution is -0.200. The number of ether oxygens (including phenoxy) is 1. The summed E-state index contributed by atoms with van der Waals surface area (Å²) in [4.78, 5) is 51.2. The molecule has 4 rings (SSSR count). The third kappa shape index (κ3) is 3.14. The van der Waals surface area contributed by atoms with Crippen molar-refractivity contribution in [3.05, 3.63) is 0 Å². The second kappa shape index (κ2) is 8.01. The van der Waals surface area contributed by atoms with E-state index in [4.69, 9.17) is 4.74 Å². The minimum atomic E-state index is -1.69. The van der Waals surface area contributed by atoms with Crippen molar-refractivity contribution in [2.24, 2.45) is 34.5 Å². The standard InChI is InChI=1S/C25H36O7/c1-4-5-21(30)32-20-11-15(27)10-14-6-7-16-17-8-9-25(31,19(29)13-26)23(17,2)12-18(28)22(16)24(14,20)3/h14,16-17,20,22,26,31H,4-13H2,1-3H3/t14?,16-,17-,20?,22+,23-,24+,25-/m0/s1. The van der Waals surface area contributed by atoms with Gasteiger partial charge in [0.05, 0.1) is 0 Å². The van der Waals surface area contributed by atoms with E-state index >= 15 is 0 Å². The van der Waals surface area contributed by atoms with E-state index in [0.29, 0.717) is 19.3 Å². The Morgan fingerprint density at radius 2 is 1.84 bits per heavy atom. The van der Waals surface area contributed by atoms with Crippen molar-refractivity contribution in [2.75, 3.05) is 6.61 Å². The van der Waals surface area contributed by atoms with Gasteiger partial charge in [0, 0.05) is 42.4 Å². The molecule has 0 amide bonds. The van der Waals surface area contributed by atoms with Crippen LogP contribution < -0.4 is 0 Å². The molecule has 0 bridgehead atoms. The van der Waals surface area contributed by atoms with Gasteiger partial charge >= 0.3 is 5.97 Å². The molecule has 0 aliphatic heterocycles. The number of rotatable bonds is 5. The van der Waals surface area contributed by atoms with Crippen LogP contribution in [0.2, 0.25) is 0 Å². The zero-order chi connectivity index (χ0) is 23.5. The Morgan fingerprint density at radius 3 is 2.50 bits per heavy atom. The van der Waals surface area contributed by atoms with Crippen LogP contribution in [0.4, 0.5) is 0 Å². The van der Waals surface area contributed by atoms with Crippen LogP contribution in [0, 0.1) is 34.5 Å². The van der Waals surface area contributed by atoms with E-state index in [9.17, 15) is 29.4 Å². The largest absolute Gasteiger partial charge is 0.461 e. The Hall–Kier alpha value is -1.60. The first-order chi connectivity index (χ1) is 15.0. The lowest BCUT2D eigenvalue weighted by atomic mass is 9.43. The lowest BCUT2D eigenvalue weighted by Crippen LogP contribution is -2.65. The van der Waals surface area contributed by atoms with E-state index < -0.39 is 34.9 Å². The molecule has 7 heteroatoms. The fourth-order valence-electron chi connectivity index (χ4n) is 8.07. The van der Waals surface area contributed by atoms with E-state index in [1.165, 1.54) is 0 Å². The SMILES string of the molecule is CCCC(=O)OC1CC(=O)CC2CC[C@@H]3[C@H](C(=O)C[C@@]4(C)[C@H]3CC[C@]4(O)C(=O)CO)[C@]21C. The van der Waals surface area contributed by atoms with E-state index in [2.05, 4.69) is 0 Å². The van der Waals surface area contributed by atoms with Gasteiger partial charge in [-0.15, -0.1) is 0 Å². The Kier molecular flexibility index (Phi) is 5.90. The minimum Gasteiger partial charge on any atom is -0.461 e. The molecule has 0 radical (unpaired) electrons. The molecule has 8 atom stereocenters. The Morgan fingerprint density at radius 1 is 1.12 bits per heavy atom. The molecule has 0 aromatic rings. The van der Waals surface area contributed by atoms with Crippen molar-refractivity contribution in [3.63, 3.8) is 0 Å². The first kappa shape index (κ1) is 23.6. The summed E-state index contributed by atoms with van der Waals surface area (Å²) >= 11 is 0. The van der Waals surface area contributed by atoms with Crippen molar-refractivity contribution < 1.29 is 34.1 Å². The van der Waals surface area contributed by atoms with Crippen LogP contribution in [0.5, 0.6) is 0 Å². The number of hydrogen-bond donors (Lipinski definition) is 2. The summed E-state index contributed by atoms with van der Waals surface area (Å²) in [5.74, 6) is -1.32. The fourth-order valence-corrected chi connectivity index (χ4v) is 8.07. The predicted molar refractivity (Wildman–Crippen MR) is 114 cm³/mol.